The molecule has 0 saturated carbocycles. The second-order valence-corrected chi connectivity index (χ2v) is 4.88. The standard InChI is InChI=1S/C12H10BrN3O3/c1-6-8(7(2)18-15-6)5-11-14-12(16-19-11)9-3-4-10(13)17-9/h3-4H,5H2,1-2H3. The maximum absolute atomic E-state index is 5.37. The van der Waals surface area contributed by atoms with Crippen LogP contribution in [0.15, 0.2) is 30.3 Å². The maximum Gasteiger partial charge on any atom is 0.238 e. The number of nitrogens with zero attached hydrogens (tertiary/aromatic N) is 3. The zero-order valence-corrected chi connectivity index (χ0v) is 11.9. The molecule has 0 radical (unpaired) electrons. The maximum atomic E-state index is 5.37. The summed E-state index contributed by atoms with van der Waals surface area (Å²) in [6.45, 7) is 3.74. The quantitative estimate of drug-likeness (QED) is 0.736. The summed E-state index contributed by atoms with van der Waals surface area (Å²) in [5, 5.41) is 7.78. The summed E-state index contributed by atoms with van der Waals surface area (Å²) in [4.78, 5) is 4.29. The number of hydrogen-bond donors (Lipinski definition) is 0. The summed E-state index contributed by atoms with van der Waals surface area (Å²) >= 11 is 3.23. The van der Waals surface area contributed by atoms with Crippen LogP contribution in [0.3, 0.4) is 0 Å². The van der Waals surface area contributed by atoms with Crippen molar-refractivity contribution < 1.29 is 13.5 Å². The predicted molar refractivity (Wildman–Crippen MR) is 68.5 cm³/mol. The van der Waals surface area contributed by atoms with Gasteiger partial charge in [0.05, 0.1) is 12.1 Å². The van der Waals surface area contributed by atoms with E-state index < -0.39 is 0 Å². The largest absolute Gasteiger partial charge is 0.446 e. The van der Waals surface area contributed by atoms with Gasteiger partial charge in [0.2, 0.25) is 11.7 Å². The van der Waals surface area contributed by atoms with Crippen LogP contribution in [0.4, 0.5) is 0 Å². The van der Waals surface area contributed by atoms with Crippen molar-refractivity contribution in [2.45, 2.75) is 20.3 Å². The van der Waals surface area contributed by atoms with Gasteiger partial charge in [-0.2, -0.15) is 4.98 Å². The Kier molecular flexibility index (Phi) is 2.98. The monoisotopic (exact) mass is 323 g/mol. The molecule has 3 aromatic rings. The van der Waals surface area contributed by atoms with Gasteiger partial charge in [-0.3, -0.25) is 0 Å². The van der Waals surface area contributed by atoms with Gasteiger partial charge in [0.25, 0.3) is 0 Å². The average molecular weight is 324 g/mol. The molecule has 98 valence electrons. The molecule has 0 unspecified atom stereocenters. The molecule has 0 atom stereocenters. The van der Waals surface area contributed by atoms with Crippen LogP contribution in [-0.4, -0.2) is 15.3 Å². The lowest BCUT2D eigenvalue weighted by Crippen LogP contribution is -1.91. The van der Waals surface area contributed by atoms with Gasteiger partial charge in [-0.15, -0.1) is 0 Å². The lowest BCUT2D eigenvalue weighted by Gasteiger charge is -1.92. The third kappa shape index (κ3) is 2.33. The Morgan fingerprint density at radius 2 is 2.00 bits per heavy atom. The molecule has 0 aliphatic rings. The van der Waals surface area contributed by atoms with Crippen molar-refractivity contribution >= 4 is 15.9 Å². The van der Waals surface area contributed by atoms with Gasteiger partial charge in [0, 0.05) is 5.56 Å². The molecule has 3 heterocycles. The number of halogens is 1. The SMILES string of the molecule is Cc1noc(C)c1Cc1nc(-c2ccc(Br)o2)no1. The van der Waals surface area contributed by atoms with Crippen LogP contribution in [0.25, 0.3) is 11.6 Å². The minimum Gasteiger partial charge on any atom is -0.446 e. The molecular formula is C12H10BrN3O3. The molecular weight excluding hydrogens is 314 g/mol. The van der Waals surface area contributed by atoms with Crippen molar-refractivity contribution in [3.05, 3.63) is 39.7 Å². The Bertz CT molecular complexity index is 694. The van der Waals surface area contributed by atoms with Gasteiger partial charge in [-0.05, 0) is 41.9 Å². The van der Waals surface area contributed by atoms with Gasteiger partial charge in [0.15, 0.2) is 10.4 Å². The molecule has 3 aromatic heterocycles. The van der Waals surface area contributed by atoms with E-state index in [4.69, 9.17) is 13.5 Å². The smallest absolute Gasteiger partial charge is 0.238 e. The van der Waals surface area contributed by atoms with Crippen molar-refractivity contribution in [1.29, 1.82) is 0 Å². The van der Waals surface area contributed by atoms with Gasteiger partial charge in [-0.1, -0.05) is 10.3 Å². The Hall–Kier alpha value is -1.89. The molecule has 0 amide bonds. The van der Waals surface area contributed by atoms with Crippen molar-refractivity contribution in [2.24, 2.45) is 0 Å². The van der Waals surface area contributed by atoms with E-state index in [9.17, 15) is 0 Å². The van der Waals surface area contributed by atoms with Crippen LogP contribution in [0.5, 0.6) is 0 Å². The first-order valence-electron chi connectivity index (χ1n) is 5.63. The predicted octanol–water partition coefficient (Wildman–Crippen LogP) is 3.29. The van der Waals surface area contributed by atoms with Crippen LogP contribution in [0.1, 0.15) is 22.9 Å². The van der Waals surface area contributed by atoms with Gasteiger partial charge >= 0.3 is 0 Å². The Morgan fingerprint density at radius 1 is 1.16 bits per heavy atom. The zero-order chi connectivity index (χ0) is 13.4. The molecule has 0 aliphatic carbocycles. The summed E-state index contributed by atoms with van der Waals surface area (Å²) in [6, 6.07) is 3.55. The van der Waals surface area contributed by atoms with E-state index >= 15 is 0 Å². The third-order valence-corrected chi connectivity index (χ3v) is 3.20. The van der Waals surface area contributed by atoms with Crippen molar-refractivity contribution in [3.8, 4) is 11.6 Å². The number of hydrogen-bond acceptors (Lipinski definition) is 6. The van der Waals surface area contributed by atoms with Crippen molar-refractivity contribution in [3.63, 3.8) is 0 Å². The highest BCUT2D eigenvalue weighted by Gasteiger charge is 2.16. The number of aryl methyl sites for hydroxylation is 2. The van der Waals surface area contributed by atoms with Crippen LogP contribution in [0, 0.1) is 13.8 Å². The summed E-state index contributed by atoms with van der Waals surface area (Å²) in [7, 11) is 0. The van der Waals surface area contributed by atoms with Crippen LogP contribution in [0.2, 0.25) is 0 Å². The highest BCUT2D eigenvalue weighted by atomic mass is 79.9. The molecule has 0 aliphatic heterocycles. The molecule has 6 nitrogen and oxygen atoms in total. The molecule has 0 saturated heterocycles. The van der Waals surface area contributed by atoms with Crippen LogP contribution in [-0.2, 0) is 6.42 Å². The molecule has 0 fully saturated rings. The highest BCUT2D eigenvalue weighted by molar-refractivity contribution is 9.10. The molecule has 0 aromatic carbocycles. The zero-order valence-electron chi connectivity index (χ0n) is 10.3. The van der Waals surface area contributed by atoms with Gasteiger partial charge in [0.1, 0.15) is 5.76 Å². The topological polar surface area (TPSA) is 78.1 Å². The molecule has 7 heteroatoms. The Labute approximate surface area is 116 Å². The minimum absolute atomic E-state index is 0.424. The van der Waals surface area contributed by atoms with E-state index in [0.29, 0.717) is 28.6 Å². The molecule has 3 rings (SSSR count). The molecule has 0 N–H and O–H groups in total. The van der Waals surface area contributed by atoms with E-state index in [2.05, 4.69) is 31.2 Å². The Balaban J connectivity index is 1.86. The van der Waals surface area contributed by atoms with E-state index in [1.54, 1.807) is 12.1 Å². The van der Waals surface area contributed by atoms with Crippen LogP contribution < -0.4 is 0 Å². The molecule has 0 bridgehead atoms. The first kappa shape index (κ1) is 12.2. The van der Waals surface area contributed by atoms with E-state index in [-0.39, 0.29) is 0 Å². The average Bonchev–Trinajstić information content (AvgIpc) is 3.06. The number of aromatic nitrogens is 3. The number of furan rings is 1. The fourth-order valence-electron chi connectivity index (χ4n) is 1.77. The number of rotatable bonds is 3. The second-order valence-electron chi connectivity index (χ2n) is 4.09. The fraction of sp³-hybridized carbons (Fsp3) is 0.250. The first-order valence-corrected chi connectivity index (χ1v) is 6.43. The Morgan fingerprint density at radius 3 is 2.63 bits per heavy atom. The fourth-order valence-corrected chi connectivity index (χ4v) is 2.07. The molecule has 19 heavy (non-hydrogen) atoms. The first-order chi connectivity index (χ1) is 9.13. The van der Waals surface area contributed by atoms with Gasteiger partial charge in [-0.25, -0.2) is 0 Å². The van der Waals surface area contributed by atoms with E-state index in [1.807, 2.05) is 13.8 Å². The van der Waals surface area contributed by atoms with E-state index in [1.165, 1.54) is 0 Å². The third-order valence-electron chi connectivity index (χ3n) is 2.77. The summed E-state index contributed by atoms with van der Waals surface area (Å²) < 4.78 is 16.3. The normalized spacial score (nSPS) is 11.1. The second kappa shape index (κ2) is 4.65. The lowest BCUT2D eigenvalue weighted by molar-refractivity contribution is 0.380. The van der Waals surface area contributed by atoms with Crippen LogP contribution >= 0.6 is 15.9 Å². The van der Waals surface area contributed by atoms with Crippen molar-refractivity contribution in [2.75, 3.05) is 0 Å². The van der Waals surface area contributed by atoms with Gasteiger partial charge < -0.3 is 13.5 Å². The summed E-state index contributed by atoms with van der Waals surface area (Å²) in [5.41, 5.74) is 1.80. The summed E-state index contributed by atoms with van der Waals surface area (Å²) in [6.07, 6.45) is 0.496. The highest BCUT2D eigenvalue weighted by Crippen LogP contribution is 2.23. The van der Waals surface area contributed by atoms with Crippen molar-refractivity contribution in [1.82, 2.24) is 15.3 Å². The lowest BCUT2D eigenvalue weighted by atomic mass is 10.1. The summed E-state index contributed by atoms with van der Waals surface area (Å²) in [5.74, 6) is 2.24. The van der Waals surface area contributed by atoms with E-state index in [0.717, 1.165) is 17.0 Å². The minimum atomic E-state index is 0.424. The molecule has 0 spiro atoms.